The molecule has 113 valence electrons. The van der Waals surface area contributed by atoms with Crippen molar-refractivity contribution in [3.05, 3.63) is 0 Å². The van der Waals surface area contributed by atoms with Crippen LogP contribution in [0.15, 0.2) is 0 Å². The van der Waals surface area contributed by atoms with Crippen LogP contribution in [-0.4, -0.2) is 83.1 Å². The van der Waals surface area contributed by atoms with Gasteiger partial charge >= 0.3 is 159 Å². The molecule has 0 N–H and O–H groups in total. The molecule has 4 bridgehead atoms. The topological polar surface area (TPSA) is 0 Å². The molecular formula is H10Ge7S12-3. The van der Waals surface area contributed by atoms with Gasteiger partial charge in [0.2, 0.25) is 0 Å². The first-order valence-electron chi connectivity index (χ1n) is 4.18. The molecule has 0 aromatic carbocycles. The number of hydrogen-bond donors (Lipinski definition) is 0. The molecule has 2 atom stereocenters. The molecule has 0 amide bonds. The predicted octanol–water partition coefficient (Wildman–Crippen LogP) is 0.484. The van der Waals surface area contributed by atoms with E-state index in [0.29, 0.717) is 0 Å². The van der Waals surface area contributed by atoms with Crippen molar-refractivity contribution in [1.82, 2.24) is 0 Å². The van der Waals surface area contributed by atoms with Crippen LogP contribution in [0.3, 0.4) is 0 Å². The van der Waals surface area contributed by atoms with Gasteiger partial charge < -0.3 is 40.5 Å². The van der Waals surface area contributed by atoms with Crippen LogP contribution >= 0.6 is 75.7 Å². The van der Waals surface area contributed by atoms with Gasteiger partial charge in [-0.3, -0.25) is 0 Å². The molecule has 0 aromatic rings. The Morgan fingerprint density at radius 3 is 1.53 bits per heavy atom. The van der Waals surface area contributed by atoms with Crippen LogP contribution in [0.4, 0.5) is 0 Å². The maximum absolute atomic E-state index is 2.73. The van der Waals surface area contributed by atoms with Crippen molar-refractivity contribution in [3.63, 3.8) is 0 Å². The van der Waals surface area contributed by atoms with Gasteiger partial charge in [-0.2, -0.15) is 0 Å². The summed E-state index contributed by atoms with van der Waals surface area (Å²) in [5, 5.41) is 0. The van der Waals surface area contributed by atoms with Crippen molar-refractivity contribution in [1.29, 1.82) is 0 Å². The van der Waals surface area contributed by atoms with E-state index in [0.717, 1.165) is 30.7 Å². The predicted molar refractivity (Wildman–Crippen MR) is 145 cm³/mol. The summed E-state index contributed by atoms with van der Waals surface area (Å²) >= 11 is 4.61. The first-order valence-corrected chi connectivity index (χ1v) is 65.1. The van der Waals surface area contributed by atoms with Crippen molar-refractivity contribution in [2.24, 2.45) is 0 Å². The molecule has 4 rings (SSSR count). The number of thiol groups is 3. The van der Waals surface area contributed by atoms with Crippen molar-refractivity contribution in [2.45, 2.75) is 0 Å². The maximum atomic E-state index is 2.73. The van der Waals surface area contributed by atoms with E-state index in [4.69, 9.17) is 0 Å². The second kappa shape index (κ2) is 11.3. The Kier molecular flexibility index (Phi) is 16.0. The Hall–Kier alpha value is 8.00. The molecule has 0 saturated carbocycles. The van der Waals surface area contributed by atoms with Crippen LogP contribution < -0.4 is 0 Å². The SMILES string of the molecule is [Ge][S][Ge]12[S][GeH]3[S][Ge]([S][GeH3])([S]1)[S][Ge]([S][GeH3])([S]3)[S]2.[SH-].[SH-].[SH-]. The van der Waals surface area contributed by atoms with Crippen molar-refractivity contribution in [2.75, 3.05) is 0 Å². The smallest absolute Gasteiger partial charge is 0.813 e. The third-order valence-electron chi connectivity index (χ3n) is 2.10. The van der Waals surface area contributed by atoms with Crippen LogP contribution in [0, 0.1) is 0 Å². The minimum Gasteiger partial charge on any atom is -0.813 e. The third-order valence-corrected chi connectivity index (χ3v) is 509. The van der Waals surface area contributed by atoms with E-state index in [2.05, 4.69) is 91.1 Å². The molecule has 3 radical (unpaired) electrons. The fourth-order valence-electron chi connectivity index (χ4n) is 1.42. The molecule has 0 aliphatic carbocycles. The van der Waals surface area contributed by atoms with Gasteiger partial charge in [0.1, 0.15) is 0 Å². The van der Waals surface area contributed by atoms with E-state index in [1.807, 2.05) is 0 Å². The quantitative estimate of drug-likeness (QED) is 0.220. The van der Waals surface area contributed by atoms with Gasteiger partial charge in [-0.05, 0) is 0 Å². The zero-order valence-corrected chi connectivity index (χ0v) is 38.8. The zero-order chi connectivity index (χ0) is 11.4. The average Bonchev–Trinajstić information content (AvgIpc) is 2.28. The first kappa shape index (κ1) is 27.0. The molecular weight excluding hydrogens is 893 g/mol. The molecule has 4 fully saturated rings. The normalized spacial score (nSPS) is 46.3. The van der Waals surface area contributed by atoms with E-state index < -0.39 is 37.0 Å². The minimum atomic E-state index is -1.49. The van der Waals surface area contributed by atoms with Crippen LogP contribution in [0.25, 0.3) is 0 Å². The standard InChI is InChI=1S/Ge7H7S9.3H2S/c1-8-5-11-4-12-6(9-2,14-5)16-7(10-3,13-4)15-5;;;/h4H,1-2H3;3*1H2/p-3. The van der Waals surface area contributed by atoms with E-state index >= 15 is 0 Å². The fourth-order valence-corrected chi connectivity index (χ4v) is 1360. The fraction of sp³-hybridized carbons (Fsp3) is 0. The zero-order valence-electron chi connectivity index (χ0n) is 9.59. The summed E-state index contributed by atoms with van der Waals surface area (Å²) in [5.41, 5.74) is 0. The maximum Gasteiger partial charge on any atom is -0.813 e. The Morgan fingerprint density at radius 1 is 0.789 bits per heavy atom. The van der Waals surface area contributed by atoms with Crippen LogP contribution in [0.5, 0.6) is 0 Å². The summed E-state index contributed by atoms with van der Waals surface area (Å²) in [7, 11) is 18.5. The van der Waals surface area contributed by atoms with E-state index in [1.165, 1.54) is 0 Å². The summed E-state index contributed by atoms with van der Waals surface area (Å²) in [4.78, 5) is 0. The van der Waals surface area contributed by atoms with Gasteiger partial charge in [0.05, 0.1) is 0 Å². The van der Waals surface area contributed by atoms with Crippen LogP contribution in [-0.2, 0) is 40.5 Å². The van der Waals surface area contributed by atoms with Gasteiger partial charge in [-0.25, -0.2) is 0 Å². The van der Waals surface area contributed by atoms with Crippen molar-refractivity contribution in [3.8, 4) is 0 Å². The Morgan fingerprint density at radius 2 is 1.16 bits per heavy atom. The van der Waals surface area contributed by atoms with Gasteiger partial charge in [0.25, 0.3) is 0 Å². The van der Waals surface area contributed by atoms with Crippen molar-refractivity contribution < 1.29 is 0 Å². The monoisotopic (exact) mass is 911 g/mol. The molecule has 4 aliphatic heterocycles. The number of hydrogen-bond acceptors (Lipinski definition) is 12. The molecule has 0 spiro atoms. The largest absolute Gasteiger partial charge is 0.813 e. The Bertz CT molecular complexity index is 253. The second-order valence-electron chi connectivity index (χ2n) is 2.96. The second-order valence-corrected chi connectivity index (χ2v) is 178. The van der Waals surface area contributed by atoms with Gasteiger partial charge in [0, 0.05) is 0 Å². The summed E-state index contributed by atoms with van der Waals surface area (Å²) in [5.74, 6) is 0. The van der Waals surface area contributed by atoms with Gasteiger partial charge in [0.15, 0.2) is 0 Å². The van der Waals surface area contributed by atoms with E-state index in [9.17, 15) is 0 Å². The molecule has 0 nitrogen and oxygen atoms in total. The summed E-state index contributed by atoms with van der Waals surface area (Å²) in [6.45, 7) is 0. The van der Waals surface area contributed by atoms with Gasteiger partial charge in [-0.15, -0.1) is 0 Å². The number of rotatable bonds is 3. The molecule has 4 aliphatic rings. The minimum absolute atomic E-state index is 0. The summed E-state index contributed by atoms with van der Waals surface area (Å²) in [6.07, 6.45) is 0. The van der Waals surface area contributed by atoms with Crippen molar-refractivity contribution >= 4 is 199 Å². The molecule has 19 heteroatoms. The summed E-state index contributed by atoms with van der Waals surface area (Å²) in [6, 6.07) is 0. The molecule has 4 saturated heterocycles. The third kappa shape index (κ3) is 5.99. The first-order chi connectivity index (χ1) is 7.59. The van der Waals surface area contributed by atoms with E-state index in [1.54, 1.807) is 0 Å². The average molecular weight is 903 g/mol. The van der Waals surface area contributed by atoms with Crippen LogP contribution in [0.1, 0.15) is 0 Å². The molecule has 4 heterocycles. The van der Waals surface area contributed by atoms with Crippen LogP contribution in [0.2, 0.25) is 0 Å². The molecule has 2 unspecified atom stereocenters. The Balaban J connectivity index is 0.00000108. The molecule has 19 heavy (non-hydrogen) atoms. The molecule has 0 aromatic heterocycles. The van der Waals surface area contributed by atoms with E-state index in [-0.39, 0.29) is 40.5 Å². The Labute approximate surface area is 194 Å². The van der Waals surface area contributed by atoms with Gasteiger partial charge in [-0.1, -0.05) is 0 Å². The summed E-state index contributed by atoms with van der Waals surface area (Å²) < 4.78 is 0.